The predicted molar refractivity (Wildman–Crippen MR) is 51.6 cm³/mol. The van der Waals surface area contributed by atoms with Crippen LogP contribution < -0.4 is 11.1 Å². The summed E-state index contributed by atoms with van der Waals surface area (Å²) in [4.78, 5) is 10.9. The predicted octanol–water partition coefficient (Wildman–Crippen LogP) is 1.21. The Balaban J connectivity index is 0.00000196. The molecule has 1 aliphatic carbocycles. The fourth-order valence-corrected chi connectivity index (χ4v) is 1.31. The molecular formula is C8H14ClF3N2O. The number of rotatable bonds is 4. The van der Waals surface area contributed by atoms with Gasteiger partial charge in [-0.05, 0) is 18.8 Å². The number of hydrogen-bond acceptors (Lipinski definition) is 2. The lowest BCUT2D eigenvalue weighted by atomic mass is 10.2. The van der Waals surface area contributed by atoms with E-state index in [1.165, 1.54) is 0 Å². The summed E-state index contributed by atoms with van der Waals surface area (Å²) in [7, 11) is 0. The minimum Gasteiger partial charge on any atom is -0.352 e. The fourth-order valence-electron chi connectivity index (χ4n) is 1.31. The topological polar surface area (TPSA) is 55.1 Å². The first-order valence-electron chi connectivity index (χ1n) is 4.48. The van der Waals surface area contributed by atoms with Crippen molar-refractivity contribution in [2.45, 2.75) is 31.5 Å². The average Bonchev–Trinajstić information content (AvgIpc) is 2.78. The van der Waals surface area contributed by atoms with Crippen LogP contribution in [-0.4, -0.2) is 24.7 Å². The molecule has 0 heterocycles. The maximum absolute atomic E-state index is 11.8. The van der Waals surface area contributed by atoms with Gasteiger partial charge in [-0.3, -0.25) is 4.79 Å². The van der Waals surface area contributed by atoms with Crippen LogP contribution >= 0.6 is 12.4 Å². The highest BCUT2D eigenvalue weighted by Gasteiger charge is 2.35. The van der Waals surface area contributed by atoms with Crippen molar-refractivity contribution in [1.82, 2.24) is 5.32 Å². The van der Waals surface area contributed by atoms with Gasteiger partial charge < -0.3 is 11.1 Å². The zero-order valence-corrected chi connectivity index (χ0v) is 8.83. The number of carbonyl (C=O) groups is 1. The molecule has 0 aromatic carbocycles. The van der Waals surface area contributed by atoms with Crippen molar-refractivity contribution >= 4 is 18.3 Å². The molecule has 7 heteroatoms. The van der Waals surface area contributed by atoms with Crippen LogP contribution in [0.3, 0.4) is 0 Å². The smallest absolute Gasteiger partial charge is 0.352 e. The van der Waals surface area contributed by atoms with E-state index in [-0.39, 0.29) is 30.9 Å². The van der Waals surface area contributed by atoms with Crippen LogP contribution in [0.4, 0.5) is 13.2 Å². The van der Waals surface area contributed by atoms with E-state index in [4.69, 9.17) is 5.73 Å². The summed E-state index contributed by atoms with van der Waals surface area (Å²) in [5.41, 5.74) is 5.33. The molecule has 1 rings (SSSR count). The third-order valence-electron chi connectivity index (χ3n) is 2.15. The van der Waals surface area contributed by atoms with Crippen LogP contribution in [-0.2, 0) is 4.79 Å². The Hall–Kier alpha value is -0.490. The van der Waals surface area contributed by atoms with Crippen molar-refractivity contribution in [3.05, 3.63) is 0 Å². The Labute approximate surface area is 92.0 Å². The molecule has 1 atom stereocenters. The van der Waals surface area contributed by atoms with E-state index in [0.29, 0.717) is 0 Å². The zero-order valence-electron chi connectivity index (χ0n) is 8.01. The molecule has 1 saturated carbocycles. The van der Waals surface area contributed by atoms with Crippen LogP contribution in [0.1, 0.15) is 19.3 Å². The number of carbonyl (C=O) groups excluding carboxylic acids is 1. The summed E-state index contributed by atoms with van der Waals surface area (Å²) in [6, 6.07) is -0.287. The largest absolute Gasteiger partial charge is 0.397 e. The summed E-state index contributed by atoms with van der Waals surface area (Å²) in [6.07, 6.45) is -3.98. The van der Waals surface area contributed by atoms with Gasteiger partial charge in [0, 0.05) is 12.6 Å². The van der Waals surface area contributed by atoms with Crippen LogP contribution in [0.15, 0.2) is 0 Å². The van der Waals surface area contributed by atoms with Gasteiger partial charge >= 0.3 is 6.18 Å². The molecule has 1 amide bonds. The molecule has 0 aromatic rings. The number of alkyl halides is 3. The fraction of sp³-hybridized carbons (Fsp3) is 0.875. The Morgan fingerprint density at radius 1 is 1.47 bits per heavy atom. The lowest BCUT2D eigenvalue weighted by Crippen LogP contribution is -2.43. The van der Waals surface area contributed by atoms with E-state index < -0.39 is 18.5 Å². The monoisotopic (exact) mass is 246 g/mol. The second-order valence-electron chi connectivity index (χ2n) is 3.54. The van der Waals surface area contributed by atoms with E-state index in [1.54, 1.807) is 0 Å². The first-order valence-corrected chi connectivity index (χ1v) is 4.48. The van der Waals surface area contributed by atoms with Gasteiger partial charge in [-0.2, -0.15) is 13.2 Å². The molecule has 0 spiro atoms. The van der Waals surface area contributed by atoms with Gasteiger partial charge in [0.15, 0.2) is 0 Å². The van der Waals surface area contributed by atoms with Crippen LogP contribution in [0.2, 0.25) is 0 Å². The van der Waals surface area contributed by atoms with E-state index >= 15 is 0 Å². The molecule has 0 bridgehead atoms. The molecule has 0 aromatic heterocycles. The molecule has 0 radical (unpaired) electrons. The number of hydrogen-bond donors (Lipinski definition) is 2. The summed E-state index contributed by atoms with van der Waals surface area (Å²) in [5.74, 6) is -0.711. The van der Waals surface area contributed by atoms with Gasteiger partial charge in [0.25, 0.3) is 0 Å². The standard InChI is InChI=1S/C8H13F3N2O.ClH/c9-8(10,11)3-7(14)13-6(4-12)5-1-2-5;/h5-6H,1-4,12H2,(H,13,14);1H. The lowest BCUT2D eigenvalue weighted by Gasteiger charge is -2.16. The van der Waals surface area contributed by atoms with Crippen molar-refractivity contribution in [2.24, 2.45) is 11.7 Å². The average molecular weight is 247 g/mol. The zero-order chi connectivity index (χ0) is 10.8. The minimum absolute atomic E-state index is 0. The second-order valence-corrected chi connectivity index (χ2v) is 3.54. The Morgan fingerprint density at radius 3 is 2.33 bits per heavy atom. The quantitative estimate of drug-likeness (QED) is 0.784. The summed E-state index contributed by atoms with van der Waals surface area (Å²) in [6.45, 7) is 0.203. The van der Waals surface area contributed by atoms with Gasteiger partial charge in [-0.15, -0.1) is 12.4 Å². The van der Waals surface area contributed by atoms with Crippen molar-refractivity contribution in [3.63, 3.8) is 0 Å². The van der Waals surface area contributed by atoms with E-state index in [9.17, 15) is 18.0 Å². The molecular weight excluding hydrogens is 233 g/mol. The summed E-state index contributed by atoms with van der Waals surface area (Å²) < 4.78 is 35.4. The van der Waals surface area contributed by atoms with Gasteiger partial charge in [-0.1, -0.05) is 0 Å². The maximum Gasteiger partial charge on any atom is 0.397 e. The van der Waals surface area contributed by atoms with Crippen molar-refractivity contribution in [2.75, 3.05) is 6.54 Å². The minimum atomic E-state index is -4.44. The molecule has 15 heavy (non-hydrogen) atoms. The molecule has 0 saturated heterocycles. The third-order valence-corrected chi connectivity index (χ3v) is 2.15. The van der Waals surface area contributed by atoms with Crippen molar-refractivity contribution < 1.29 is 18.0 Å². The number of nitrogens with two attached hydrogens (primary N) is 1. The number of halogens is 4. The molecule has 0 aliphatic heterocycles. The highest BCUT2D eigenvalue weighted by molar-refractivity contribution is 5.85. The van der Waals surface area contributed by atoms with Crippen LogP contribution in [0.5, 0.6) is 0 Å². The van der Waals surface area contributed by atoms with E-state index in [1.807, 2.05) is 0 Å². The van der Waals surface area contributed by atoms with Crippen LogP contribution in [0.25, 0.3) is 0 Å². The molecule has 3 N–H and O–H groups in total. The SMILES string of the molecule is Cl.NCC(NC(=O)CC(F)(F)F)C1CC1. The highest BCUT2D eigenvalue weighted by Crippen LogP contribution is 2.32. The summed E-state index contributed by atoms with van der Waals surface area (Å²) in [5, 5.41) is 2.30. The van der Waals surface area contributed by atoms with Gasteiger partial charge in [-0.25, -0.2) is 0 Å². The lowest BCUT2D eigenvalue weighted by molar-refractivity contribution is -0.154. The molecule has 1 unspecified atom stereocenters. The summed E-state index contributed by atoms with van der Waals surface area (Å²) >= 11 is 0. The Morgan fingerprint density at radius 2 is 2.00 bits per heavy atom. The first kappa shape index (κ1) is 14.5. The van der Waals surface area contributed by atoms with E-state index in [2.05, 4.69) is 5.32 Å². The van der Waals surface area contributed by atoms with Crippen molar-refractivity contribution in [3.8, 4) is 0 Å². The number of amides is 1. The Bertz CT molecular complexity index is 218. The van der Waals surface area contributed by atoms with Gasteiger partial charge in [0.05, 0.1) is 0 Å². The van der Waals surface area contributed by atoms with Crippen LogP contribution in [0, 0.1) is 5.92 Å². The normalized spacial score (nSPS) is 17.9. The molecule has 90 valence electrons. The molecule has 1 aliphatic rings. The van der Waals surface area contributed by atoms with Gasteiger partial charge in [0.2, 0.25) is 5.91 Å². The third kappa shape index (κ3) is 5.84. The maximum atomic E-state index is 11.8. The molecule has 3 nitrogen and oxygen atoms in total. The number of nitrogens with one attached hydrogen (secondary N) is 1. The Kier molecular flexibility index (Phi) is 5.37. The van der Waals surface area contributed by atoms with E-state index in [0.717, 1.165) is 12.8 Å². The highest BCUT2D eigenvalue weighted by atomic mass is 35.5. The van der Waals surface area contributed by atoms with Crippen molar-refractivity contribution in [1.29, 1.82) is 0 Å². The first-order chi connectivity index (χ1) is 6.42. The second kappa shape index (κ2) is 5.55. The molecule has 1 fully saturated rings. The van der Waals surface area contributed by atoms with Gasteiger partial charge in [0.1, 0.15) is 6.42 Å².